The molecule has 0 heterocycles. The number of rotatable bonds is 10. The third-order valence-corrected chi connectivity index (χ3v) is 3.49. The summed E-state index contributed by atoms with van der Waals surface area (Å²) in [6.45, 7) is 2.00. The first-order valence-electron chi connectivity index (χ1n) is 7.34. The van der Waals surface area contributed by atoms with Crippen molar-refractivity contribution in [2.75, 3.05) is 12.3 Å². The fraction of sp³-hybridized carbons (Fsp3) is 0.692. The minimum Gasteiger partial charge on any atom is -0.480 e. The van der Waals surface area contributed by atoms with Crippen LogP contribution in [0.25, 0.3) is 0 Å². The van der Waals surface area contributed by atoms with Crippen molar-refractivity contribution in [2.24, 2.45) is 5.73 Å². The number of hydrogen-bond acceptors (Lipinski definition) is 8. The van der Waals surface area contributed by atoms with Gasteiger partial charge in [-0.15, -0.1) is 0 Å². The largest absolute Gasteiger partial charge is 0.480 e. The van der Waals surface area contributed by atoms with Crippen LogP contribution in [0.2, 0.25) is 0 Å². The number of thiol groups is 1. The molecule has 0 rings (SSSR count). The first-order chi connectivity index (χ1) is 11.5. The van der Waals surface area contributed by atoms with E-state index >= 15 is 0 Å². The van der Waals surface area contributed by atoms with Gasteiger partial charge in [-0.1, -0.05) is 0 Å². The number of aliphatic hydroxyl groups excluding tert-OH is 2. The summed E-state index contributed by atoms with van der Waals surface area (Å²) in [4.78, 5) is 46.2. The van der Waals surface area contributed by atoms with Crippen LogP contribution in [0.3, 0.4) is 0 Å². The zero-order valence-electron chi connectivity index (χ0n) is 13.8. The molecule has 0 radical (unpaired) electrons. The van der Waals surface area contributed by atoms with Crippen LogP contribution in [0.5, 0.6) is 0 Å². The third kappa shape index (κ3) is 8.16. The molecule has 0 fully saturated rings. The molecule has 0 aliphatic rings. The summed E-state index contributed by atoms with van der Waals surface area (Å²) in [5.41, 5.74) is 5.38. The van der Waals surface area contributed by atoms with E-state index in [1.165, 1.54) is 13.8 Å². The number of hydrogen-bond donors (Lipinski definition) is 8. The normalized spacial score (nSPS) is 16.7. The molecule has 5 atom stereocenters. The number of nitrogens with two attached hydrogens (primary N) is 1. The third-order valence-electron chi connectivity index (χ3n) is 3.13. The molecule has 12 heteroatoms. The molecule has 0 aliphatic carbocycles. The molecule has 8 N–H and O–H groups in total. The van der Waals surface area contributed by atoms with Gasteiger partial charge < -0.3 is 37.0 Å². The highest BCUT2D eigenvalue weighted by atomic mass is 32.1. The van der Waals surface area contributed by atoms with Gasteiger partial charge in [0.25, 0.3) is 0 Å². The Balaban J connectivity index is 4.61. The van der Waals surface area contributed by atoms with Crippen molar-refractivity contribution in [3.05, 3.63) is 0 Å². The van der Waals surface area contributed by atoms with Crippen molar-refractivity contribution in [1.29, 1.82) is 0 Å². The second kappa shape index (κ2) is 10.9. The van der Waals surface area contributed by atoms with Gasteiger partial charge in [0, 0.05) is 5.75 Å². The molecule has 144 valence electrons. The summed E-state index contributed by atoms with van der Waals surface area (Å²) in [6, 6.07) is -3.94. The summed E-state index contributed by atoms with van der Waals surface area (Å²) in [5, 5.41) is 33.9. The van der Waals surface area contributed by atoms with E-state index in [-0.39, 0.29) is 5.75 Å². The van der Waals surface area contributed by atoms with Gasteiger partial charge in [-0.2, -0.15) is 12.6 Å². The van der Waals surface area contributed by atoms with Crippen LogP contribution >= 0.6 is 12.6 Å². The van der Waals surface area contributed by atoms with Gasteiger partial charge in [0.2, 0.25) is 17.7 Å². The van der Waals surface area contributed by atoms with Gasteiger partial charge in [-0.25, -0.2) is 4.79 Å². The Morgan fingerprint density at radius 2 is 1.60 bits per heavy atom. The van der Waals surface area contributed by atoms with Crippen LogP contribution in [0.4, 0.5) is 0 Å². The molecule has 0 bridgehead atoms. The SMILES string of the molecule is CC(O)C(N)C(=O)NCC(=O)NC(CS)C(=O)NC(C(=O)O)C(C)O. The Bertz CT molecular complexity index is 501. The Hall–Kier alpha value is -1.89. The Morgan fingerprint density at radius 3 is 2.00 bits per heavy atom. The minimum absolute atomic E-state index is 0.148. The van der Waals surface area contributed by atoms with E-state index in [2.05, 4.69) is 28.6 Å². The topological polar surface area (TPSA) is 191 Å². The van der Waals surface area contributed by atoms with E-state index in [4.69, 9.17) is 15.9 Å². The molecule has 3 amide bonds. The number of aliphatic hydroxyl groups is 2. The van der Waals surface area contributed by atoms with Gasteiger partial charge >= 0.3 is 5.97 Å². The van der Waals surface area contributed by atoms with Crippen LogP contribution in [0.15, 0.2) is 0 Å². The lowest BCUT2D eigenvalue weighted by molar-refractivity contribution is -0.145. The molecule has 0 saturated heterocycles. The lowest BCUT2D eigenvalue weighted by Crippen LogP contribution is -2.56. The van der Waals surface area contributed by atoms with Gasteiger partial charge in [-0.05, 0) is 13.8 Å². The van der Waals surface area contributed by atoms with E-state index in [0.717, 1.165) is 0 Å². The van der Waals surface area contributed by atoms with E-state index in [9.17, 15) is 24.3 Å². The molecule has 11 nitrogen and oxygen atoms in total. The van der Waals surface area contributed by atoms with Crippen LogP contribution in [-0.2, 0) is 19.2 Å². The van der Waals surface area contributed by atoms with Gasteiger partial charge in [0.15, 0.2) is 6.04 Å². The molecule has 0 aromatic heterocycles. The predicted octanol–water partition coefficient (Wildman–Crippen LogP) is -3.82. The molecular weight excluding hydrogens is 356 g/mol. The Kier molecular flexibility index (Phi) is 10.0. The number of carboxylic acid groups (broad SMARTS) is 1. The van der Waals surface area contributed by atoms with E-state index in [1.54, 1.807) is 0 Å². The molecule has 25 heavy (non-hydrogen) atoms. The van der Waals surface area contributed by atoms with Crippen LogP contribution in [0, 0.1) is 0 Å². The summed E-state index contributed by atoms with van der Waals surface area (Å²) in [7, 11) is 0. The highest BCUT2D eigenvalue weighted by Gasteiger charge is 2.29. The number of carboxylic acids is 1. The van der Waals surface area contributed by atoms with Crippen molar-refractivity contribution in [3.63, 3.8) is 0 Å². The van der Waals surface area contributed by atoms with Gasteiger partial charge in [-0.3, -0.25) is 14.4 Å². The highest BCUT2D eigenvalue weighted by molar-refractivity contribution is 7.80. The first kappa shape index (κ1) is 23.1. The molecule has 0 aromatic carbocycles. The number of nitrogens with one attached hydrogen (secondary N) is 3. The van der Waals surface area contributed by atoms with Crippen molar-refractivity contribution in [2.45, 2.75) is 44.2 Å². The predicted molar refractivity (Wildman–Crippen MR) is 89.7 cm³/mol. The van der Waals surface area contributed by atoms with Crippen molar-refractivity contribution in [3.8, 4) is 0 Å². The number of carbonyl (C=O) groups excluding carboxylic acids is 3. The molecular formula is C13H24N4O7S. The average Bonchev–Trinajstić information content (AvgIpc) is 2.53. The zero-order chi connectivity index (χ0) is 19.7. The van der Waals surface area contributed by atoms with Crippen molar-refractivity contribution < 1.29 is 34.5 Å². The zero-order valence-corrected chi connectivity index (χ0v) is 14.7. The quantitative estimate of drug-likeness (QED) is 0.177. The smallest absolute Gasteiger partial charge is 0.328 e. The van der Waals surface area contributed by atoms with Gasteiger partial charge in [0.05, 0.1) is 18.8 Å². The minimum atomic E-state index is -1.55. The van der Waals surface area contributed by atoms with Crippen LogP contribution in [-0.4, -0.2) is 81.6 Å². The number of amides is 3. The lowest BCUT2D eigenvalue weighted by Gasteiger charge is -2.22. The van der Waals surface area contributed by atoms with E-state index < -0.39 is 60.6 Å². The first-order valence-corrected chi connectivity index (χ1v) is 7.97. The van der Waals surface area contributed by atoms with Crippen molar-refractivity contribution >= 4 is 36.3 Å². The summed E-state index contributed by atoms with van der Waals surface area (Å²) >= 11 is 3.90. The number of aliphatic carboxylic acids is 1. The molecule has 0 aromatic rings. The molecule has 0 spiro atoms. The maximum Gasteiger partial charge on any atom is 0.328 e. The maximum atomic E-state index is 12.0. The Morgan fingerprint density at radius 1 is 1.04 bits per heavy atom. The lowest BCUT2D eigenvalue weighted by atomic mass is 10.1. The standard InChI is InChI=1S/C13H24N4O7S/c1-5(18)9(14)12(22)15-3-8(20)16-7(4-25)11(21)17-10(6(2)19)13(23)24/h5-7,9-10,18-19,25H,3-4,14H2,1-2H3,(H,15,22)(H,16,20)(H,17,21)(H,23,24). The average molecular weight is 380 g/mol. The molecule has 5 unspecified atom stereocenters. The van der Waals surface area contributed by atoms with Crippen molar-refractivity contribution in [1.82, 2.24) is 16.0 Å². The second-order valence-electron chi connectivity index (χ2n) is 5.35. The van der Waals surface area contributed by atoms with Crippen LogP contribution in [0.1, 0.15) is 13.8 Å². The van der Waals surface area contributed by atoms with Crippen LogP contribution < -0.4 is 21.7 Å². The number of carbonyl (C=O) groups is 4. The fourth-order valence-electron chi connectivity index (χ4n) is 1.59. The monoisotopic (exact) mass is 380 g/mol. The summed E-state index contributed by atoms with van der Waals surface area (Å²) in [6.07, 6.45) is -2.45. The van der Waals surface area contributed by atoms with E-state index in [1.807, 2.05) is 0 Å². The molecule has 0 aliphatic heterocycles. The van der Waals surface area contributed by atoms with Gasteiger partial charge in [0.1, 0.15) is 12.1 Å². The molecule has 0 saturated carbocycles. The highest BCUT2D eigenvalue weighted by Crippen LogP contribution is 1.97. The second-order valence-corrected chi connectivity index (χ2v) is 5.72. The fourth-order valence-corrected chi connectivity index (χ4v) is 1.84. The maximum absolute atomic E-state index is 12.0. The van der Waals surface area contributed by atoms with E-state index in [0.29, 0.717) is 0 Å². The Labute approximate surface area is 149 Å². The summed E-state index contributed by atoms with van der Waals surface area (Å²) in [5.74, 6) is -3.94. The summed E-state index contributed by atoms with van der Waals surface area (Å²) < 4.78 is 0.